The second-order valence-corrected chi connectivity index (χ2v) is 7.05. The van der Waals surface area contributed by atoms with Crippen molar-refractivity contribution in [2.24, 2.45) is 0 Å². The third-order valence-corrected chi connectivity index (χ3v) is 4.70. The molecule has 1 aliphatic rings. The zero-order valence-corrected chi connectivity index (χ0v) is 15.9. The molecule has 1 saturated carbocycles. The highest BCUT2D eigenvalue weighted by Gasteiger charge is 2.25. The first kappa shape index (κ1) is 18.7. The summed E-state index contributed by atoms with van der Waals surface area (Å²) in [6.07, 6.45) is 2.03. The van der Waals surface area contributed by atoms with Gasteiger partial charge in [-0.1, -0.05) is 42.5 Å². The fraction of sp³-hybridized carbons (Fsp3) is 0.167. The highest BCUT2D eigenvalue weighted by molar-refractivity contribution is 6.09. The first-order chi connectivity index (χ1) is 14.2. The Bertz CT molecular complexity index is 996. The van der Waals surface area contributed by atoms with Crippen LogP contribution in [0.1, 0.15) is 39.1 Å². The molecule has 1 aliphatic carbocycles. The first-order valence-corrected chi connectivity index (χ1v) is 9.67. The quantitative estimate of drug-likeness (QED) is 0.632. The van der Waals surface area contributed by atoms with Crippen LogP contribution in [-0.4, -0.2) is 17.9 Å². The van der Waals surface area contributed by atoms with Gasteiger partial charge in [-0.2, -0.15) is 0 Å². The van der Waals surface area contributed by atoms with E-state index in [4.69, 9.17) is 4.74 Å². The molecule has 5 nitrogen and oxygen atoms in total. The lowest BCUT2D eigenvalue weighted by Gasteiger charge is -2.11. The molecule has 3 aromatic rings. The zero-order valence-electron chi connectivity index (χ0n) is 15.9. The number of hydrogen-bond acceptors (Lipinski definition) is 3. The number of benzene rings is 3. The number of nitrogens with one attached hydrogen (secondary N) is 2. The molecular formula is C24H22N2O3. The number of ether oxygens (including phenoxy) is 1. The summed E-state index contributed by atoms with van der Waals surface area (Å²) in [6, 6.07) is 24.1. The van der Waals surface area contributed by atoms with E-state index in [0.717, 1.165) is 24.2 Å². The highest BCUT2D eigenvalue weighted by atomic mass is 16.5. The number of hydrogen-bond donors (Lipinski definition) is 2. The SMILES string of the molecule is O=C(Nc1ccccc1C(=O)NC1CC1)c1ccc(COc2ccccc2)cc1. The number of amides is 2. The number of carbonyl (C=O) groups excluding carboxylic acids is 2. The molecule has 2 N–H and O–H groups in total. The average molecular weight is 386 g/mol. The maximum Gasteiger partial charge on any atom is 0.255 e. The van der Waals surface area contributed by atoms with E-state index in [1.165, 1.54) is 0 Å². The topological polar surface area (TPSA) is 67.4 Å². The summed E-state index contributed by atoms with van der Waals surface area (Å²) in [5.41, 5.74) is 2.47. The molecule has 29 heavy (non-hydrogen) atoms. The van der Waals surface area contributed by atoms with E-state index in [2.05, 4.69) is 10.6 Å². The fourth-order valence-corrected chi connectivity index (χ4v) is 2.91. The van der Waals surface area contributed by atoms with Crippen molar-refractivity contribution in [1.82, 2.24) is 5.32 Å². The van der Waals surface area contributed by atoms with Crippen LogP contribution in [0.15, 0.2) is 78.9 Å². The number of para-hydroxylation sites is 2. The van der Waals surface area contributed by atoms with E-state index in [1.807, 2.05) is 42.5 Å². The monoisotopic (exact) mass is 386 g/mol. The van der Waals surface area contributed by atoms with Crippen LogP contribution in [0, 0.1) is 0 Å². The Morgan fingerprint density at radius 3 is 2.24 bits per heavy atom. The second-order valence-electron chi connectivity index (χ2n) is 7.05. The maximum absolute atomic E-state index is 12.6. The van der Waals surface area contributed by atoms with Crippen molar-refractivity contribution in [3.63, 3.8) is 0 Å². The molecule has 0 aliphatic heterocycles. The second kappa shape index (κ2) is 8.61. The van der Waals surface area contributed by atoms with E-state index >= 15 is 0 Å². The minimum absolute atomic E-state index is 0.156. The largest absolute Gasteiger partial charge is 0.489 e. The van der Waals surface area contributed by atoms with E-state index in [-0.39, 0.29) is 17.9 Å². The van der Waals surface area contributed by atoms with Gasteiger partial charge in [-0.05, 0) is 54.8 Å². The third kappa shape index (κ3) is 5.02. The predicted octanol–water partition coefficient (Wildman–Crippen LogP) is 4.41. The van der Waals surface area contributed by atoms with Crippen LogP contribution in [0.4, 0.5) is 5.69 Å². The van der Waals surface area contributed by atoms with Gasteiger partial charge in [-0.15, -0.1) is 0 Å². The van der Waals surface area contributed by atoms with Gasteiger partial charge >= 0.3 is 0 Å². The standard InChI is InChI=1S/C24H22N2O3/c27-23(26-22-9-5-4-8-21(22)24(28)25-19-14-15-19)18-12-10-17(11-13-18)16-29-20-6-2-1-3-7-20/h1-13,19H,14-16H2,(H,25,28)(H,26,27). The van der Waals surface area contributed by atoms with Gasteiger partial charge in [0.2, 0.25) is 0 Å². The van der Waals surface area contributed by atoms with Gasteiger partial charge in [0.05, 0.1) is 11.3 Å². The molecule has 0 bridgehead atoms. The normalized spacial score (nSPS) is 12.8. The van der Waals surface area contributed by atoms with Crippen molar-refractivity contribution >= 4 is 17.5 Å². The maximum atomic E-state index is 12.6. The third-order valence-electron chi connectivity index (χ3n) is 4.70. The van der Waals surface area contributed by atoms with Gasteiger partial charge < -0.3 is 15.4 Å². The van der Waals surface area contributed by atoms with Crippen LogP contribution in [-0.2, 0) is 6.61 Å². The molecule has 3 aromatic carbocycles. The van der Waals surface area contributed by atoms with Gasteiger partial charge in [0.25, 0.3) is 11.8 Å². The summed E-state index contributed by atoms with van der Waals surface area (Å²) in [6.45, 7) is 0.427. The minimum atomic E-state index is -0.257. The highest BCUT2D eigenvalue weighted by Crippen LogP contribution is 2.22. The van der Waals surface area contributed by atoms with Gasteiger partial charge in [-0.25, -0.2) is 0 Å². The molecule has 4 rings (SSSR count). The summed E-state index contributed by atoms with van der Waals surface area (Å²) in [4.78, 5) is 25.0. The Balaban J connectivity index is 1.39. The molecular weight excluding hydrogens is 364 g/mol. The van der Waals surface area contributed by atoms with Crippen molar-refractivity contribution in [1.29, 1.82) is 0 Å². The molecule has 5 heteroatoms. The van der Waals surface area contributed by atoms with Crippen LogP contribution in [0.3, 0.4) is 0 Å². The Hall–Kier alpha value is -3.60. The number of anilines is 1. The lowest BCUT2D eigenvalue weighted by Crippen LogP contribution is -2.27. The predicted molar refractivity (Wildman–Crippen MR) is 112 cm³/mol. The lowest BCUT2D eigenvalue weighted by molar-refractivity contribution is 0.0952. The molecule has 0 atom stereocenters. The number of carbonyl (C=O) groups is 2. The summed E-state index contributed by atoms with van der Waals surface area (Å²) in [5.74, 6) is 0.388. The molecule has 0 radical (unpaired) electrons. The van der Waals surface area contributed by atoms with Gasteiger partial charge in [-0.3, -0.25) is 9.59 Å². The lowest BCUT2D eigenvalue weighted by atomic mass is 10.1. The van der Waals surface area contributed by atoms with E-state index < -0.39 is 0 Å². The molecule has 1 fully saturated rings. The van der Waals surface area contributed by atoms with Crippen LogP contribution < -0.4 is 15.4 Å². The molecule has 0 heterocycles. The van der Waals surface area contributed by atoms with Crippen molar-refractivity contribution < 1.29 is 14.3 Å². The Kier molecular flexibility index (Phi) is 5.56. The van der Waals surface area contributed by atoms with Crippen molar-refractivity contribution in [2.75, 3.05) is 5.32 Å². The summed E-state index contributed by atoms with van der Waals surface area (Å²) in [7, 11) is 0. The van der Waals surface area contributed by atoms with E-state index in [9.17, 15) is 9.59 Å². The zero-order chi connectivity index (χ0) is 20.1. The van der Waals surface area contributed by atoms with Crippen LogP contribution in [0.2, 0.25) is 0 Å². The van der Waals surface area contributed by atoms with E-state index in [1.54, 1.807) is 36.4 Å². The summed E-state index contributed by atoms with van der Waals surface area (Å²) < 4.78 is 5.72. The minimum Gasteiger partial charge on any atom is -0.489 e. The molecule has 0 saturated heterocycles. The van der Waals surface area contributed by atoms with Crippen molar-refractivity contribution in [2.45, 2.75) is 25.5 Å². The van der Waals surface area contributed by atoms with E-state index in [0.29, 0.717) is 23.4 Å². The van der Waals surface area contributed by atoms with Gasteiger partial charge in [0.15, 0.2) is 0 Å². The fourth-order valence-electron chi connectivity index (χ4n) is 2.91. The van der Waals surface area contributed by atoms with Gasteiger partial charge in [0, 0.05) is 11.6 Å². The molecule has 146 valence electrons. The summed E-state index contributed by atoms with van der Waals surface area (Å²) in [5, 5.41) is 5.80. The molecule has 0 aromatic heterocycles. The molecule has 0 unspecified atom stereocenters. The van der Waals surface area contributed by atoms with Crippen molar-refractivity contribution in [3.8, 4) is 5.75 Å². The summed E-state index contributed by atoms with van der Waals surface area (Å²) >= 11 is 0. The van der Waals surface area contributed by atoms with Crippen LogP contribution >= 0.6 is 0 Å². The first-order valence-electron chi connectivity index (χ1n) is 9.67. The Morgan fingerprint density at radius 2 is 1.52 bits per heavy atom. The molecule has 0 spiro atoms. The van der Waals surface area contributed by atoms with Crippen LogP contribution in [0.25, 0.3) is 0 Å². The Morgan fingerprint density at radius 1 is 0.828 bits per heavy atom. The number of rotatable bonds is 7. The van der Waals surface area contributed by atoms with Crippen molar-refractivity contribution in [3.05, 3.63) is 95.6 Å². The molecule has 2 amide bonds. The van der Waals surface area contributed by atoms with Crippen LogP contribution in [0.5, 0.6) is 5.75 Å². The Labute approximate surface area is 169 Å². The smallest absolute Gasteiger partial charge is 0.255 e. The van der Waals surface area contributed by atoms with Gasteiger partial charge in [0.1, 0.15) is 12.4 Å². The average Bonchev–Trinajstić information content (AvgIpc) is 3.57.